The maximum absolute atomic E-state index is 12.3. The number of fused-ring (bicyclic) bond motifs is 2. The van der Waals surface area contributed by atoms with Gasteiger partial charge in [-0.1, -0.05) is 144 Å². The van der Waals surface area contributed by atoms with Crippen LogP contribution in [0.5, 0.6) is 0 Å². The zero-order valence-electron chi connectivity index (χ0n) is 41.7. The molecule has 352 valence electrons. The Morgan fingerprint density at radius 3 is 1.77 bits per heavy atom. The normalized spacial score (nSPS) is 12.2. The molecule has 0 fully saturated rings. The van der Waals surface area contributed by atoms with Crippen LogP contribution in [0.25, 0.3) is 33.5 Å². The number of hydrogen-bond donors (Lipinski definition) is 0. The van der Waals surface area contributed by atoms with Gasteiger partial charge in [0.15, 0.2) is 5.58 Å². The van der Waals surface area contributed by atoms with E-state index >= 15 is 0 Å². The van der Waals surface area contributed by atoms with E-state index in [0.29, 0.717) is 22.3 Å². The quantitative estimate of drug-likeness (QED) is 0.144. The smallest absolute Gasteiger partial charge is 0.416 e. The summed E-state index contributed by atoms with van der Waals surface area (Å²) in [4.78, 5) is 11.2. The lowest BCUT2D eigenvalue weighted by molar-refractivity contribution is -0.137. The van der Waals surface area contributed by atoms with Gasteiger partial charge in [0.1, 0.15) is 11.3 Å². The molecule has 65 heavy (non-hydrogen) atoms. The first-order chi connectivity index (χ1) is 30.2. The molecule has 4 aromatic carbocycles. The number of halogens is 3. The monoisotopic (exact) mass is 893 g/mol. The maximum Gasteiger partial charge on any atom is 0.416 e. The minimum atomic E-state index is -4.24. The molecule has 0 radical (unpaired) electrons. The first-order valence-electron chi connectivity index (χ1n) is 22.9. The van der Waals surface area contributed by atoms with Gasteiger partial charge in [-0.15, -0.1) is 0 Å². The summed E-state index contributed by atoms with van der Waals surface area (Å²) in [7, 11) is 2.02. The maximum atomic E-state index is 12.3. The van der Waals surface area contributed by atoms with Gasteiger partial charge in [-0.2, -0.15) is 18.2 Å². The largest absolute Gasteiger partial charge is 0.441 e. The molecule has 7 aromatic rings. The summed E-state index contributed by atoms with van der Waals surface area (Å²) in [6, 6.07) is 34.8. The van der Waals surface area contributed by atoms with Crippen LogP contribution >= 0.6 is 0 Å². The summed E-state index contributed by atoms with van der Waals surface area (Å²) >= 11 is 0. The summed E-state index contributed by atoms with van der Waals surface area (Å²) in [6.07, 6.45) is 3.16. The number of benzene rings is 4. The molecule has 0 atom stereocenters. The van der Waals surface area contributed by atoms with Gasteiger partial charge in [0.05, 0.1) is 11.3 Å². The number of alkyl halides is 3. The van der Waals surface area contributed by atoms with Crippen LogP contribution in [0.2, 0.25) is 0 Å². The van der Waals surface area contributed by atoms with E-state index in [1.165, 1.54) is 17.3 Å². The molecule has 0 saturated heterocycles. The van der Waals surface area contributed by atoms with E-state index < -0.39 is 11.7 Å². The second-order valence-corrected chi connectivity index (χ2v) is 22.0. The highest BCUT2D eigenvalue weighted by molar-refractivity contribution is 5.79. The molecule has 0 N–H and O–H groups in total. The minimum absolute atomic E-state index is 0.0970. The number of aromatic nitrogens is 3. The van der Waals surface area contributed by atoms with Gasteiger partial charge in [0.25, 0.3) is 6.01 Å². The zero-order chi connectivity index (χ0) is 48.2. The number of rotatable bonds is 9. The predicted molar refractivity (Wildman–Crippen MR) is 266 cm³/mol. The molecule has 0 amide bonds. The highest BCUT2D eigenvalue weighted by atomic mass is 19.4. The summed E-state index contributed by atoms with van der Waals surface area (Å²) in [6.45, 7) is 30.6. The molecule has 7 rings (SSSR count). The second-order valence-electron chi connectivity index (χ2n) is 22.0. The van der Waals surface area contributed by atoms with Crippen molar-refractivity contribution < 1.29 is 22.0 Å². The first-order valence-corrected chi connectivity index (χ1v) is 22.9. The Kier molecular flexibility index (Phi) is 17.9. The Morgan fingerprint density at radius 1 is 0.600 bits per heavy atom. The second kappa shape index (κ2) is 22.3. The van der Waals surface area contributed by atoms with E-state index in [9.17, 15) is 13.2 Å². The first kappa shape index (κ1) is 52.3. The van der Waals surface area contributed by atoms with Crippen LogP contribution in [0.4, 0.5) is 19.2 Å². The summed E-state index contributed by atoms with van der Waals surface area (Å²) in [5.74, 6) is 1.68. The average Bonchev–Trinajstić information content (AvgIpc) is 3.95. The highest BCUT2D eigenvalue weighted by Crippen LogP contribution is 2.31. The van der Waals surface area contributed by atoms with E-state index in [2.05, 4.69) is 139 Å². The van der Waals surface area contributed by atoms with Crippen molar-refractivity contribution in [1.29, 1.82) is 0 Å². The van der Waals surface area contributed by atoms with Crippen molar-refractivity contribution in [3.8, 4) is 11.5 Å². The number of oxazole rings is 2. The zero-order valence-corrected chi connectivity index (χ0v) is 41.7. The fourth-order valence-corrected chi connectivity index (χ4v) is 6.70. The molecule has 6 nitrogen and oxygen atoms in total. The van der Waals surface area contributed by atoms with E-state index in [-0.39, 0.29) is 5.41 Å². The molecule has 3 aromatic heterocycles. The van der Waals surface area contributed by atoms with Crippen LogP contribution in [0.15, 0.2) is 124 Å². The number of nitrogens with zero attached hydrogens (tertiary/aromatic N) is 4. The molecule has 0 saturated carbocycles. The van der Waals surface area contributed by atoms with Crippen molar-refractivity contribution in [2.24, 2.45) is 21.7 Å². The van der Waals surface area contributed by atoms with Crippen molar-refractivity contribution in [2.45, 2.75) is 135 Å². The summed E-state index contributed by atoms with van der Waals surface area (Å²) in [5, 5.41) is 1.34. The van der Waals surface area contributed by atoms with Crippen LogP contribution in [0.3, 0.4) is 0 Å². The van der Waals surface area contributed by atoms with E-state index in [1.807, 2.05) is 68.6 Å². The lowest BCUT2D eigenvalue weighted by Crippen LogP contribution is -2.23. The van der Waals surface area contributed by atoms with Crippen molar-refractivity contribution in [3.05, 3.63) is 138 Å². The Hall–Kier alpha value is -5.31. The predicted octanol–water partition coefficient (Wildman–Crippen LogP) is 16.7. The Balaban J connectivity index is 0.000000190. The Bertz CT molecular complexity index is 2430. The number of hydrogen-bond acceptors (Lipinski definition) is 5. The van der Waals surface area contributed by atoms with Crippen LogP contribution in [-0.2, 0) is 25.6 Å². The van der Waals surface area contributed by atoms with Gasteiger partial charge < -0.3 is 18.3 Å². The molecule has 0 aliphatic carbocycles. The molecular formula is C56H75F3N4O2. The number of para-hydroxylation sites is 3. The summed E-state index contributed by atoms with van der Waals surface area (Å²) in [5.41, 5.74) is 6.78. The topological polar surface area (TPSA) is 60.2 Å². The van der Waals surface area contributed by atoms with Crippen LogP contribution < -0.4 is 4.90 Å². The molecule has 0 aliphatic rings. The molecule has 0 spiro atoms. The third-order valence-corrected chi connectivity index (χ3v) is 10.6. The van der Waals surface area contributed by atoms with Crippen LogP contribution in [-0.4, -0.2) is 28.1 Å². The standard InChI is InChI=1S/C16H21NO.C14H20N2O.C14H19N.C12H15F3/c1-12-14(10-11-16(2,3)4)17-15(18-12)13-8-6-5-7-9-13;1-14(2,3)9-10-16(4)13-15-11-7-5-6-8-12(11)17-13;1-14(2,3)9-11-15-10-8-12-6-4-5-7-13(12)15;1-11(2,3)8-9-4-6-10(7-5-9)12(13,14)15/h5-9H,10-11H2,1-4H3;5-8H,9-10H2,1-4H3;4-8,10H,9,11H2,1-3H3;4-7H,8H2,1-3H3. The third kappa shape index (κ3) is 18.6. The minimum Gasteiger partial charge on any atom is -0.441 e. The lowest BCUT2D eigenvalue weighted by Gasteiger charge is -2.22. The highest BCUT2D eigenvalue weighted by Gasteiger charge is 2.30. The fourth-order valence-electron chi connectivity index (χ4n) is 6.70. The molecular weight excluding hydrogens is 818 g/mol. The molecule has 0 bridgehead atoms. The van der Waals surface area contributed by atoms with Gasteiger partial charge in [-0.25, -0.2) is 4.98 Å². The van der Waals surface area contributed by atoms with E-state index in [0.717, 1.165) is 90.5 Å². The van der Waals surface area contributed by atoms with Crippen LogP contribution in [0, 0.1) is 28.6 Å². The van der Waals surface area contributed by atoms with E-state index in [1.54, 1.807) is 12.1 Å². The summed E-state index contributed by atoms with van der Waals surface area (Å²) < 4.78 is 50.6. The Labute approximate surface area is 387 Å². The van der Waals surface area contributed by atoms with Gasteiger partial charge in [0.2, 0.25) is 5.89 Å². The van der Waals surface area contributed by atoms with Crippen molar-refractivity contribution >= 4 is 28.0 Å². The number of aryl methyl sites for hydroxylation is 3. The van der Waals surface area contributed by atoms with Crippen molar-refractivity contribution in [1.82, 2.24) is 14.5 Å². The van der Waals surface area contributed by atoms with E-state index in [4.69, 9.17) is 8.83 Å². The van der Waals surface area contributed by atoms with Gasteiger partial charge in [-0.05, 0) is 120 Å². The van der Waals surface area contributed by atoms with Gasteiger partial charge >= 0.3 is 6.18 Å². The third-order valence-electron chi connectivity index (χ3n) is 10.6. The molecule has 0 unspecified atom stereocenters. The van der Waals surface area contributed by atoms with Crippen molar-refractivity contribution in [3.63, 3.8) is 0 Å². The molecule has 3 heterocycles. The Morgan fingerprint density at radius 2 is 1.18 bits per heavy atom. The molecule has 0 aliphatic heterocycles. The van der Waals surface area contributed by atoms with Crippen molar-refractivity contribution in [2.75, 3.05) is 18.5 Å². The SMILES string of the molecule is CC(C)(C)CCn1ccc2ccccc21.CC(C)(C)Cc1ccc(C(F)(F)F)cc1.CN(CCC(C)(C)C)c1nc2ccccc2o1.Cc1oc(-c2ccccc2)nc1CCC(C)(C)C. The average molecular weight is 893 g/mol. The van der Waals surface area contributed by atoms with Gasteiger partial charge in [-0.3, -0.25) is 0 Å². The fraction of sp³-hybridized carbons (Fsp3) is 0.464. The number of anilines is 1. The van der Waals surface area contributed by atoms with Gasteiger partial charge in [0, 0.05) is 37.4 Å². The van der Waals surface area contributed by atoms with Crippen LogP contribution in [0.1, 0.15) is 125 Å². The lowest BCUT2D eigenvalue weighted by atomic mass is 9.88. The molecule has 9 heteroatoms.